The highest BCUT2D eigenvalue weighted by molar-refractivity contribution is 7.91. The van der Waals surface area contributed by atoms with Crippen LogP contribution < -0.4 is 5.32 Å². The standard InChI is InChI=1S/C20H20N2O3S/c1-4-12-21-19-20(26(23,24)17-10-8-14(2)9-11-17)22-18(25-19)16-7-5-6-15(3)13-16/h4-11,13,21H,1,12H2,2-3H3. The molecule has 134 valence electrons. The normalized spacial score (nSPS) is 11.3. The summed E-state index contributed by atoms with van der Waals surface area (Å²) in [4.78, 5) is 4.47. The van der Waals surface area contributed by atoms with Crippen LogP contribution in [-0.4, -0.2) is 19.9 Å². The van der Waals surface area contributed by atoms with Crippen molar-refractivity contribution in [2.24, 2.45) is 0 Å². The van der Waals surface area contributed by atoms with Crippen LogP contribution in [0.3, 0.4) is 0 Å². The van der Waals surface area contributed by atoms with Crippen molar-refractivity contribution in [2.75, 3.05) is 11.9 Å². The summed E-state index contributed by atoms with van der Waals surface area (Å²) in [6.45, 7) is 7.85. The van der Waals surface area contributed by atoms with Gasteiger partial charge in [-0.2, -0.15) is 4.98 Å². The van der Waals surface area contributed by atoms with Gasteiger partial charge in [0, 0.05) is 12.1 Å². The zero-order chi connectivity index (χ0) is 18.7. The first-order chi connectivity index (χ1) is 12.4. The van der Waals surface area contributed by atoms with Crippen molar-refractivity contribution in [3.8, 4) is 11.5 Å². The van der Waals surface area contributed by atoms with Crippen molar-refractivity contribution < 1.29 is 12.8 Å². The number of aryl methyl sites for hydroxylation is 2. The summed E-state index contributed by atoms with van der Waals surface area (Å²) in [6, 6.07) is 14.2. The number of hydrogen-bond acceptors (Lipinski definition) is 5. The van der Waals surface area contributed by atoms with E-state index in [2.05, 4.69) is 16.9 Å². The van der Waals surface area contributed by atoms with Crippen LogP contribution in [0, 0.1) is 13.8 Å². The van der Waals surface area contributed by atoms with E-state index in [1.165, 1.54) is 0 Å². The van der Waals surface area contributed by atoms with Crippen LogP contribution in [0.5, 0.6) is 0 Å². The molecule has 6 heteroatoms. The molecule has 0 aliphatic carbocycles. The molecule has 0 amide bonds. The Labute approximate surface area is 153 Å². The number of rotatable bonds is 6. The average molecular weight is 368 g/mol. The van der Waals surface area contributed by atoms with Gasteiger partial charge in [0.25, 0.3) is 0 Å². The summed E-state index contributed by atoms with van der Waals surface area (Å²) < 4.78 is 31.8. The maximum Gasteiger partial charge on any atom is 0.234 e. The molecule has 2 aromatic carbocycles. The fourth-order valence-corrected chi connectivity index (χ4v) is 3.77. The second-order valence-corrected chi connectivity index (χ2v) is 7.87. The largest absolute Gasteiger partial charge is 0.419 e. The molecule has 0 aliphatic heterocycles. The molecular formula is C20H20N2O3S. The van der Waals surface area contributed by atoms with Gasteiger partial charge in [0.1, 0.15) is 0 Å². The van der Waals surface area contributed by atoms with Crippen molar-refractivity contribution in [1.29, 1.82) is 0 Å². The Balaban J connectivity index is 2.12. The molecule has 3 aromatic rings. The van der Waals surface area contributed by atoms with E-state index in [-0.39, 0.29) is 21.7 Å². The smallest absolute Gasteiger partial charge is 0.234 e. The molecule has 0 bridgehead atoms. The topological polar surface area (TPSA) is 72.2 Å². The Bertz CT molecular complexity index is 1040. The SMILES string of the molecule is C=CCNc1oc(-c2cccc(C)c2)nc1S(=O)(=O)c1ccc(C)cc1. The minimum absolute atomic E-state index is 0.113. The van der Waals surface area contributed by atoms with Crippen molar-refractivity contribution >= 4 is 15.7 Å². The monoisotopic (exact) mass is 368 g/mol. The van der Waals surface area contributed by atoms with Crippen molar-refractivity contribution in [3.63, 3.8) is 0 Å². The Morgan fingerprint density at radius 3 is 2.50 bits per heavy atom. The summed E-state index contributed by atoms with van der Waals surface area (Å²) in [6.07, 6.45) is 1.62. The van der Waals surface area contributed by atoms with E-state index in [1.807, 2.05) is 38.1 Å². The minimum atomic E-state index is -3.82. The van der Waals surface area contributed by atoms with Gasteiger partial charge in [0.2, 0.25) is 26.6 Å². The summed E-state index contributed by atoms with van der Waals surface area (Å²) >= 11 is 0. The molecule has 0 fully saturated rings. The lowest BCUT2D eigenvalue weighted by molar-refractivity contribution is 0.579. The highest BCUT2D eigenvalue weighted by Crippen LogP contribution is 2.32. The Hall–Kier alpha value is -2.86. The van der Waals surface area contributed by atoms with E-state index in [1.54, 1.807) is 30.3 Å². The summed E-state index contributed by atoms with van der Waals surface area (Å²) in [5.41, 5.74) is 2.73. The molecule has 26 heavy (non-hydrogen) atoms. The number of nitrogens with one attached hydrogen (secondary N) is 1. The van der Waals surface area contributed by atoms with Crippen molar-refractivity contribution in [3.05, 3.63) is 72.3 Å². The molecule has 3 rings (SSSR count). The Morgan fingerprint density at radius 1 is 1.12 bits per heavy atom. The summed E-state index contributed by atoms with van der Waals surface area (Å²) in [7, 11) is -3.82. The van der Waals surface area contributed by atoms with Gasteiger partial charge in [-0.1, -0.05) is 41.5 Å². The van der Waals surface area contributed by atoms with Crippen LogP contribution in [0.1, 0.15) is 11.1 Å². The highest BCUT2D eigenvalue weighted by atomic mass is 32.2. The molecule has 0 spiro atoms. The Morgan fingerprint density at radius 2 is 1.85 bits per heavy atom. The van der Waals surface area contributed by atoms with Crippen molar-refractivity contribution in [2.45, 2.75) is 23.8 Å². The van der Waals surface area contributed by atoms with Gasteiger partial charge in [-0.15, -0.1) is 6.58 Å². The molecule has 0 saturated carbocycles. The first-order valence-electron chi connectivity index (χ1n) is 8.16. The quantitative estimate of drug-likeness (QED) is 0.653. The summed E-state index contributed by atoms with van der Waals surface area (Å²) in [5.74, 6) is 0.368. The van der Waals surface area contributed by atoms with E-state index in [4.69, 9.17) is 4.42 Å². The maximum atomic E-state index is 13.1. The highest BCUT2D eigenvalue weighted by Gasteiger charge is 2.28. The predicted molar refractivity (Wildman–Crippen MR) is 102 cm³/mol. The average Bonchev–Trinajstić information content (AvgIpc) is 3.05. The fourth-order valence-electron chi connectivity index (χ4n) is 2.50. The lowest BCUT2D eigenvalue weighted by Crippen LogP contribution is -2.07. The number of aromatic nitrogens is 1. The molecule has 5 nitrogen and oxygen atoms in total. The number of sulfone groups is 1. The van der Waals surface area contributed by atoms with E-state index < -0.39 is 9.84 Å². The molecule has 0 saturated heterocycles. The van der Waals surface area contributed by atoms with Gasteiger partial charge >= 0.3 is 0 Å². The van der Waals surface area contributed by atoms with Crippen LogP contribution in [0.4, 0.5) is 5.88 Å². The number of anilines is 1. The zero-order valence-electron chi connectivity index (χ0n) is 14.7. The first-order valence-corrected chi connectivity index (χ1v) is 9.64. The van der Waals surface area contributed by atoms with Gasteiger partial charge < -0.3 is 9.73 Å². The molecule has 0 atom stereocenters. The molecule has 1 N–H and O–H groups in total. The first kappa shape index (κ1) is 17.9. The lowest BCUT2D eigenvalue weighted by atomic mass is 10.1. The number of benzene rings is 2. The maximum absolute atomic E-state index is 13.1. The zero-order valence-corrected chi connectivity index (χ0v) is 15.5. The fraction of sp³-hybridized carbons (Fsp3) is 0.150. The van der Waals surface area contributed by atoms with Gasteiger partial charge in [-0.3, -0.25) is 0 Å². The second-order valence-electron chi connectivity index (χ2n) is 6.01. The Kier molecular flexibility index (Phi) is 4.95. The van der Waals surface area contributed by atoms with Gasteiger partial charge in [0.05, 0.1) is 4.90 Å². The molecule has 0 unspecified atom stereocenters. The van der Waals surface area contributed by atoms with Gasteiger partial charge in [-0.05, 0) is 38.1 Å². The number of nitrogens with zero attached hydrogens (tertiary/aromatic N) is 1. The second kappa shape index (κ2) is 7.17. The number of hydrogen-bond donors (Lipinski definition) is 1. The third kappa shape index (κ3) is 3.55. The van der Waals surface area contributed by atoms with Gasteiger partial charge in [0.15, 0.2) is 0 Å². The molecule has 0 radical (unpaired) electrons. The van der Waals surface area contributed by atoms with E-state index in [0.717, 1.165) is 16.7 Å². The minimum Gasteiger partial charge on any atom is -0.419 e. The van der Waals surface area contributed by atoms with Crippen LogP contribution in [-0.2, 0) is 9.84 Å². The third-order valence-corrected chi connectivity index (χ3v) is 5.53. The predicted octanol–water partition coefficient (Wildman–Crippen LogP) is 4.39. The van der Waals surface area contributed by atoms with Crippen LogP contribution in [0.2, 0.25) is 0 Å². The van der Waals surface area contributed by atoms with Crippen LogP contribution >= 0.6 is 0 Å². The molecule has 1 aromatic heterocycles. The summed E-state index contributed by atoms with van der Waals surface area (Å²) in [5, 5.41) is 2.80. The third-order valence-electron chi connectivity index (χ3n) is 3.85. The van der Waals surface area contributed by atoms with Crippen LogP contribution in [0.15, 0.2) is 75.5 Å². The van der Waals surface area contributed by atoms with Gasteiger partial charge in [-0.25, -0.2) is 8.42 Å². The molecule has 0 aliphatic rings. The lowest BCUT2D eigenvalue weighted by Gasteiger charge is -2.04. The van der Waals surface area contributed by atoms with E-state index in [0.29, 0.717) is 6.54 Å². The number of oxazole rings is 1. The van der Waals surface area contributed by atoms with E-state index >= 15 is 0 Å². The van der Waals surface area contributed by atoms with Crippen molar-refractivity contribution in [1.82, 2.24) is 4.98 Å². The molecular weight excluding hydrogens is 348 g/mol. The van der Waals surface area contributed by atoms with Crippen LogP contribution in [0.25, 0.3) is 11.5 Å². The molecule has 1 heterocycles. The van der Waals surface area contributed by atoms with E-state index in [9.17, 15) is 8.42 Å².